The van der Waals surface area contributed by atoms with E-state index in [1.54, 1.807) is 0 Å². The maximum atomic E-state index is 12.2. The standard InChI is InChI=1S/C16H22ClNO/c17-15(13-9-5-4-6-10-13)16(19)18-14-11-7-2-1-3-8-12-14/h4-6,9-10,14-15H,1-3,7-8,11-12H2,(H,18,19)/t15-/m1/s1. The molecule has 1 aliphatic rings. The Labute approximate surface area is 120 Å². The molecule has 19 heavy (non-hydrogen) atoms. The van der Waals surface area contributed by atoms with Crippen molar-refractivity contribution in [2.45, 2.75) is 56.4 Å². The van der Waals surface area contributed by atoms with Crippen molar-refractivity contribution in [2.75, 3.05) is 0 Å². The number of hydrogen-bond acceptors (Lipinski definition) is 1. The Morgan fingerprint density at radius 3 is 2.26 bits per heavy atom. The molecule has 1 fully saturated rings. The third-order valence-electron chi connectivity index (χ3n) is 3.77. The predicted octanol–water partition coefficient (Wildman–Crippen LogP) is 4.20. The third-order valence-corrected chi connectivity index (χ3v) is 4.22. The van der Waals surface area contributed by atoms with E-state index in [1.165, 1.54) is 32.1 Å². The molecule has 0 saturated heterocycles. The highest BCUT2D eigenvalue weighted by atomic mass is 35.5. The van der Waals surface area contributed by atoms with Gasteiger partial charge in [0.05, 0.1) is 0 Å². The smallest absolute Gasteiger partial charge is 0.242 e. The van der Waals surface area contributed by atoms with Crippen LogP contribution < -0.4 is 5.32 Å². The molecule has 1 aromatic rings. The van der Waals surface area contributed by atoms with Crippen molar-refractivity contribution in [1.29, 1.82) is 0 Å². The molecular weight excluding hydrogens is 258 g/mol. The number of alkyl halides is 1. The molecule has 3 heteroatoms. The number of benzene rings is 1. The first-order valence-electron chi connectivity index (χ1n) is 7.27. The largest absolute Gasteiger partial charge is 0.352 e. The Morgan fingerprint density at radius 1 is 1.05 bits per heavy atom. The number of amides is 1. The van der Waals surface area contributed by atoms with Crippen LogP contribution in [-0.2, 0) is 4.79 Å². The maximum Gasteiger partial charge on any atom is 0.242 e. The molecule has 1 aromatic carbocycles. The number of carbonyl (C=O) groups excluding carboxylic acids is 1. The van der Waals surface area contributed by atoms with Gasteiger partial charge in [-0.1, -0.05) is 62.4 Å². The molecule has 1 amide bonds. The van der Waals surface area contributed by atoms with Gasteiger partial charge in [-0.15, -0.1) is 11.6 Å². The van der Waals surface area contributed by atoms with Crippen molar-refractivity contribution in [2.24, 2.45) is 0 Å². The molecule has 1 N–H and O–H groups in total. The number of hydrogen-bond donors (Lipinski definition) is 1. The molecule has 0 aliphatic heterocycles. The molecule has 0 unspecified atom stereocenters. The Morgan fingerprint density at radius 2 is 1.63 bits per heavy atom. The van der Waals surface area contributed by atoms with E-state index in [9.17, 15) is 4.79 Å². The van der Waals surface area contributed by atoms with E-state index in [1.807, 2.05) is 30.3 Å². The van der Waals surface area contributed by atoms with Crippen molar-refractivity contribution in [3.63, 3.8) is 0 Å². The lowest BCUT2D eigenvalue weighted by molar-refractivity contribution is -0.121. The molecule has 0 spiro atoms. The van der Waals surface area contributed by atoms with E-state index in [-0.39, 0.29) is 5.91 Å². The van der Waals surface area contributed by atoms with Crippen LogP contribution in [0.15, 0.2) is 30.3 Å². The lowest BCUT2D eigenvalue weighted by Crippen LogP contribution is -2.37. The van der Waals surface area contributed by atoms with Crippen LogP contribution in [0, 0.1) is 0 Å². The highest BCUT2D eigenvalue weighted by molar-refractivity contribution is 6.30. The van der Waals surface area contributed by atoms with E-state index in [4.69, 9.17) is 11.6 Å². The SMILES string of the molecule is O=C(NC1CCCCCCC1)[C@H](Cl)c1ccccc1. The van der Waals surface area contributed by atoms with Gasteiger partial charge in [-0.05, 0) is 18.4 Å². The fourth-order valence-corrected chi connectivity index (χ4v) is 2.86. The van der Waals surface area contributed by atoms with Gasteiger partial charge in [-0.2, -0.15) is 0 Å². The summed E-state index contributed by atoms with van der Waals surface area (Å²) in [6, 6.07) is 9.85. The van der Waals surface area contributed by atoms with Gasteiger partial charge in [0.2, 0.25) is 5.91 Å². The first kappa shape index (κ1) is 14.4. The Hall–Kier alpha value is -1.02. The molecule has 104 valence electrons. The van der Waals surface area contributed by atoms with Crippen molar-refractivity contribution in [3.05, 3.63) is 35.9 Å². The van der Waals surface area contributed by atoms with Gasteiger partial charge in [0.1, 0.15) is 5.38 Å². The minimum atomic E-state index is -0.577. The number of nitrogens with one attached hydrogen (secondary N) is 1. The van der Waals surface area contributed by atoms with Gasteiger partial charge in [0.15, 0.2) is 0 Å². The molecule has 2 rings (SSSR count). The van der Waals surface area contributed by atoms with E-state index in [2.05, 4.69) is 5.32 Å². The second-order valence-electron chi connectivity index (χ2n) is 5.32. The summed E-state index contributed by atoms with van der Waals surface area (Å²) in [7, 11) is 0. The lowest BCUT2D eigenvalue weighted by Gasteiger charge is -2.22. The summed E-state index contributed by atoms with van der Waals surface area (Å²) in [4.78, 5) is 12.2. The van der Waals surface area contributed by atoms with Crippen molar-refractivity contribution >= 4 is 17.5 Å². The highest BCUT2D eigenvalue weighted by Crippen LogP contribution is 2.22. The summed E-state index contributed by atoms with van der Waals surface area (Å²) in [5.74, 6) is -0.0570. The number of carbonyl (C=O) groups is 1. The second-order valence-corrected chi connectivity index (χ2v) is 5.76. The summed E-state index contributed by atoms with van der Waals surface area (Å²) >= 11 is 6.24. The van der Waals surface area contributed by atoms with Crippen LogP contribution in [0.5, 0.6) is 0 Å². The van der Waals surface area contributed by atoms with Crippen LogP contribution in [0.4, 0.5) is 0 Å². The van der Waals surface area contributed by atoms with Crippen molar-refractivity contribution in [1.82, 2.24) is 5.32 Å². The Bertz CT molecular complexity index is 385. The first-order valence-corrected chi connectivity index (χ1v) is 7.70. The van der Waals surface area contributed by atoms with Gasteiger partial charge < -0.3 is 5.32 Å². The van der Waals surface area contributed by atoms with Gasteiger partial charge in [-0.3, -0.25) is 4.79 Å². The molecule has 0 heterocycles. The second kappa shape index (κ2) is 7.54. The summed E-state index contributed by atoms with van der Waals surface area (Å²) < 4.78 is 0. The van der Waals surface area contributed by atoms with Crippen molar-refractivity contribution in [3.8, 4) is 0 Å². The van der Waals surface area contributed by atoms with Gasteiger partial charge in [0.25, 0.3) is 0 Å². The zero-order valence-corrected chi connectivity index (χ0v) is 12.0. The average molecular weight is 280 g/mol. The monoisotopic (exact) mass is 279 g/mol. The summed E-state index contributed by atoms with van der Waals surface area (Å²) in [6.07, 6.45) is 8.51. The molecular formula is C16H22ClNO. The Kier molecular flexibility index (Phi) is 5.71. The van der Waals surface area contributed by atoms with Crippen LogP contribution in [0.25, 0.3) is 0 Å². The first-order chi connectivity index (χ1) is 9.27. The highest BCUT2D eigenvalue weighted by Gasteiger charge is 2.21. The van der Waals surface area contributed by atoms with Crippen LogP contribution in [0.3, 0.4) is 0 Å². The van der Waals surface area contributed by atoms with E-state index in [0.717, 1.165) is 18.4 Å². The third kappa shape index (κ3) is 4.54. The average Bonchev–Trinajstić information content (AvgIpc) is 2.41. The Balaban J connectivity index is 1.88. The molecule has 1 atom stereocenters. The minimum Gasteiger partial charge on any atom is -0.352 e. The van der Waals surface area contributed by atoms with Crippen LogP contribution >= 0.6 is 11.6 Å². The van der Waals surface area contributed by atoms with E-state index in [0.29, 0.717) is 6.04 Å². The van der Waals surface area contributed by atoms with Crippen LogP contribution in [-0.4, -0.2) is 11.9 Å². The zero-order chi connectivity index (χ0) is 13.5. The summed E-state index contributed by atoms with van der Waals surface area (Å²) in [5, 5.41) is 2.54. The topological polar surface area (TPSA) is 29.1 Å². The molecule has 0 aromatic heterocycles. The predicted molar refractivity (Wildman–Crippen MR) is 79.3 cm³/mol. The van der Waals surface area contributed by atoms with E-state index >= 15 is 0 Å². The molecule has 1 aliphatic carbocycles. The lowest BCUT2D eigenvalue weighted by atomic mass is 9.96. The normalized spacial score (nSPS) is 19.2. The fourth-order valence-electron chi connectivity index (χ4n) is 2.65. The van der Waals surface area contributed by atoms with Gasteiger partial charge in [-0.25, -0.2) is 0 Å². The number of rotatable bonds is 3. The van der Waals surface area contributed by atoms with Gasteiger partial charge >= 0.3 is 0 Å². The molecule has 2 nitrogen and oxygen atoms in total. The van der Waals surface area contributed by atoms with Gasteiger partial charge in [0, 0.05) is 6.04 Å². The molecule has 1 saturated carbocycles. The quantitative estimate of drug-likeness (QED) is 0.826. The summed E-state index contributed by atoms with van der Waals surface area (Å²) in [6.45, 7) is 0. The minimum absolute atomic E-state index is 0.0570. The molecule has 0 bridgehead atoms. The summed E-state index contributed by atoms with van der Waals surface area (Å²) in [5.41, 5.74) is 0.868. The van der Waals surface area contributed by atoms with Crippen LogP contribution in [0.2, 0.25) is 0 Å². The fraction of sp³-hybridized carbons (Fsp3) is 0.562. The number of halogens is 1. The zero-order valence-electron chi connectivity index (χ0n) is 11.3. The maximum absolute atomic E-state index is 12.2. The molecule has 0 radical (unpaired) electrons. The van der Waals surface area contributed by atoms with E-state index < -0.39 is 5.38 Å². The van der Waals surface area contributed by atoms with Crippen molar-refractivity contribution < 1.29 is 4.79 Å². The van der Waals surface area contributed by atoms with Crippen LogP contribution in [0.1, 0.15) is 55.9 Å².